The Morgan fingerprint density at radius 2 is 1.42 bits per heavy atom. The molecule has 26 heavy (non-hydrogen) atoms. The Hall–Kier alpha value is -3.58. The van der Waals surface area contributed by atoms with E-state index in [2.05, 4.69) is 0 Å². The Bertz CT molecular complexity index is 910. The lowest BCUT2D eigenvalue weighted by Crippen LogP contribution is -2.28. The summed E-state index contributed by atoms with van der Waals surface area (Å²) in [6, 6.07) is 25.9. The number of carbonyl (C=O) groups is 1. The summed E-state index contributed by atoms with van der Waals surface area (Å²) in [6.45, 7) is 1.62. The topological polar surface area (TPSA) is 59.3 Å². The zero-order chi connectivity index (χ0) is 18.4. The second-order valence-electron chi connectivity index (χ2n) is 5.71. The molecular formula is C22H17NO3. The normalized spacial score (nSPS) is 11.2. The van der Waals surface area contributed by atoms with Crippen LogP contribution in [0, 0.1) is 11.3 Å². The fourth-order valence-electron chi connectivity index (χ4n) is 2.41. The number of esters is 1. The quantitative estimate of drug-likeness (QED) is 0.502. The first-order valence-corrected chi connectivity index (χ1v) is 8.20. The molecule has 0 spiro atoms. The number of ether oxygens (including phenoxy) is 2. The molecule has 3 rings (SSSR count). The molecule has 3 aromatic rings. The average Bonchev–Trinajstić information content (AvgIpc) is 2.70. The van der Waals surface area contributed by atoms with Gasteiger partial charge in [-0.05, 0) is 54.4 Å². The molecule has 0 radical (unpaired) electrons. The fraction of sp³-hybridized carbons (Fsp3) is 0.0909. The fourth-order valence-corrected chi connectivity index (χ4v) is 2.41. The number of benzene rings is 3. The van der Waals surface area contributed by atoms with Crippen molar-refractivity contribution in [3.05, 3.63) is 84.4 Å². The first-order valence-electron chi connectivity index (χ1n) is 8.20. The number of hydrogen-bond donors (Lipinski definition) is 0. The molecule has 0 saturated heterocycles. The highest BCUT2D eigenvalue weighted by molar-refractivity contribution is 5.77. The third kappa shape index (κ3) is 4.28. The van der Waals surface area contributed by atoms with Gasteiger partial charge in [-0.1, -0.05) is 42.5 Å². The van der Waals surface area contributed by atoms with E-state index in [1.807, 2.05) is 48.5 Å². The van der Waals surface area contributed by atoms with E-state index >= 15 is 0 Å². The highest BCUT2D eigenvalue weighted by atomic mass is 16.6. The molecular weight excluding hydrogens is 326 g/mol. The molecule has 0 heterocycles. The predicted octanol–water partition coefficient (Wildman–Crippen LogP) is 4.60. The molecule has 0 fully saturated rings. The van der Waals surface area contributed by atoms with E-state index in [1.54, 1.807) is 43.3 Å². The van der Waals surface area contributed by atoms with Gasteiger partial charge in [-0.25, -0.2) is 4.79 Å². The van der Waals surface area contributed by atoms with Crippen LogP contribution in [-0.2, 0) is 4.79 Å². The molecule has 0 N–H and O–H groups in total. The van der Waals surface area contributed by atoms with E-state index in [4.69, 9.17) is 14.7 Å². The van der Waals surface area contributed by atoms with Gasteiger partial charge in [0, 0.05) is 0 Å². The maximum atomic E-state index is 12.2. The number of nitriles is 1. The van der Waals surface area contributed by atoms with Crippen molar-refractivity contribution >= 4 is 5.97 Å². The van der Waals surface area contributed by atoms with Crippen molar-refractivity contribution < 1.29 is 14.3 Å². The zero-order valence-corrected chi connectivity index (χ0v) is 14.3. The minimum absolute atomic E-state index is 0.463. The van der Waals surface area contributed by atoms with Crippen molar-refractivity contribution in [3.8, 4) is 28.7 Å². The van der Waals surface area contributed by atoms with Crippen LogP contribution in [0.25, 0.3) is 11.1 Å². The van der Waals surface area contributed by atoms with E-state index in [1.165, 1.54) is 0 Å². The summed E-state index contributed by atoms with van der Waals surface area (Å²) < 4.78 is 10.9. The van der Waals surface area contributed by atoms with Gasteiger partial charge in [-0.3, -0.25) is 0 Å². The zero-order valence-electron chi connectivity index (χ0n) is 14.3. The van der Waals surface area contributed by atoms with Gasteiger partial charge in [-0.2, -0.15) is 5.26 Å². The highest BCUT2D eigenvalue weighted by Gasteiger charge is 2.17. The Labute approximate surface area is 152 Å². The summed E-state index contributed by atoms with van der Waals surface area (Å²) in [7, 11) is 0. The van der Waals surface area contributed by atoms with Gasteiger partial charge < -0.3 is 9.47 Å². The Morgan fingerprint density at radius 3 is 2.04 bits per heavy atom. The van der Waals surface area contributed by atoms with Crippen LogP contribution in [0.3, 0.4) is 0 Å². The van der Waals surface area contributed by atoms with E-state index in [9.17, 15) is 4.79 Å². The standard InChI is InChI=1S/C22H17NO3/c1-16(25-20-11-7-17(15-23)8-12-20)22(24)26-21-13-9-19(10-14-21)18-5-3-2-4-6-18/h2-14,16H,1H3. The minimum Gasteiger partial charge on any atom is -0.479 e. The van der Waals surface area contributed by atoms with Gasteiger partial charge in [-0.15, -0.1) is 0 Å². The van der Waals surface area contributed by atoms with Crippen LogP contribution in [0.5, 0.6) is 11.5 Å². The monoisotopic (exact) mass is 343 g/mol. The van der Waals surface area contributed by atoms with Crippen molar-refractivity contribution in [1.29, 1.82) is 5.26 Å². The van der Waals surface area contributed by atoms with Crippen LogP contribution in [0.4, 0.5) is 0 Å². The lowest BCUT2D eigenvalue weighted by molar-refractivity contribution is -0.141. The lowest BCUT2D eigenvalue weighted by atomic mass is 10.1. The van der Waals surface area contributed by atoms with E-state index in [0.29, 0.717) is 17.1 Å². The van der Waals surface area contributed by atoms with E-state index in [-0.39, 0.29) is 0 Å². The molecule has 0 bridgehead atoms. The molecule has 1 atom stereocenters. The molecule has 0 aliphatic rings. The van der Waals surface area contributed by atoms with Crippen LogP contribution >= 0.6 is 0 Å². The Kier molecular flexibility index (Phi) is 5.31. The molecule has 0 aliphatic heterocycles. The lowest BCUT2D eigenvalue weighted by Gasteiger charge is -2.14. The van der Waals surface area contributed by atoms with Crippen molar-refractivity contribution in [3.63, 3.8) is 0 Å². The van der Waals surface area contributed by atoms with Crippen LogP contribution in [-0.4, -0.2) is 12.1 Å². The summed E-state index contributed by atoms with van der Waals surface area (Å²) in [5, 5.41) is 8.79. The predicted molar refractivity (Wildman–Crippen MR) is 98.8 cm³/mol. The van der Waals surface area contributed by atoms with Crippen molar-refractivity contribution in [2.24, 2.45) is 0 Å². The van der Waals surface area contributed by atoms with Crippen LogP contribution in [0.2, 0.25) is 0 Å². The number of hydrogen-bond acceptors (Lipinski definition) is 4. The summed E-state index contributed by atoms with van der Waals surface area (Å²) in [6.07, 6.45) is -0.767. The molecule has 0 aliphatic carbocycles. The molecule has 0 amide bonds. The maximum Gasteiger partial charge on any atom is 0.352 e. The molecule has 1 unspecified atom stereocenters. The molecule has 128 valence electrons. The van der Waals surface area contributed by atoms with Crippen molar-refractivity contribution in [2.75, 3.05) is 0 Å². The third-order valence-electron chi connectivity index (χ3n) is 3.81. The van der Waals surface area contributed by atoms with Crippen molar-refractivity contribution in [2.45, 2.75) is 13.0 Å². The van der Waals surface area contributed by atoms with Crippen LogP contribution in [0.1, 0.15) is 12.5 Å². The number of carbonyl (C=O) groups excluding carboxylic acids is 1. The maximum absolute atomic E-state index is 12.2. The van der Waals surface area contributed by atoms with Crippen LogP contribution < -0.4 is 9.47 Å². The Balaban J connectivity index is 1.61. The molecule has 0 saturated carbocycles. The third-order valence-corrected chi connectivity index (χ3v) is 3.81. The first kappa shape index (κ1) is 17.2. The average molecular weight is 343 g/mol. The molecule has 4 nitrogen and oxygen atoms in total. The van der Waals surface area contributed by atoms with Gasteiger partial charge in [0.25, 0.3) is 0 Å². The van der Waals surface area contributed by atoms with Gasteiger partial charge in [0.15, 0.2) is 6.10 Å². The largest absolute Gasteiger partial charge is 0.479 e. The van der Waals surface area contributed by atoms with E-state index in [0.717, 1.165) is 11.1 Å². The van der Waals surface area contributed by atoms with Crippen molar-refractivity contribution in [1.82, 2.24) is 0 Å². The molecule has 4 heteroatoms. The van der Waals surface area contributed by atoms with Gasteiger partial charge >= 0.3 is 5.97 Å². The summed E-state index contributed by atoms with van der Waals surface area (Å²) in [5.41, 5.74) is 2.68. The SMILES string of the molecule is CC(Oc1ccc(C#N)cc1)C(=O)Oc1ccc(-c2ccccc2)cc1. The summed E-state index contributed by atoms with van der Waals surface area (Å²) >= 11 is 0. The summed E-state index contributed by atoms with van der Waals surface area (Å²) in [4.78, 5) is 12.2. The van der Waals surface area contributed by atoms with E-state index < -0.39 is 12.1 Å². The highest BCUT2D eigenvalue weighted by Crippen LogP contribution is 2.22. The Morgan fingerprint density at radius 1 is 0.846 bits per heavy atom. The second kappa shape index (κ2) is 8.00. The number of rotatable bonds is 5. The van der Waals surface area contributed by atoms with Crippen LogP contribution in [0.15, 0.2) is 78.9 Å². The number of nitrogens with zero attached hydrogens (tertiary/aromatic N) is 1. The first-order chi connectivity index (χ1) is 12.7. The summed E-state index contributed by atoms with van der Waals surface area (Å²) in [5.74, 6) is 0.486. The molecule has 3 aromatic carbocycles. The smallest absolute Gasteiger partial charge is 0.352 e. The van der Waals surface area contributed by atoms with Gasteiger partial charge in [0.1, 0.15) is 11.5 Å². The minimum atomic E-state index is -0.767. The second-order valence-corrected chi connectivity index (χ2v) is 5.71. The van der Waals surface area contributed by atoms with Gasteiger partial charge in [0.05, 0.1) is 11.6 Å². The molecule has 0 aromatic heterocycles. The van der Waals surface area contributed by atoms with Gasteiger partial charge in [0.2, 0.25) is 0 Å².